The lowest BCUT2D eigenvalue weighted by molar-refractivity contribution is -0.388. The summed E-state index contributed by atoms with van der Waals surface area (Å²) in [4.78, 5) is 19.9. The van der Waals surface area contributed by atoms with Crippen LogP contribution in [0.2, 0.25) is 0 Å². The van der Waals surface area contributed by atoms with Crippen molar-refractivity contribution in [3.63, 3.8) is 0 Å². The highest BCUT2D eigenvalue weighted by atomic mass is 19.4. The third-order valence-corrected chi connectivity index (χ3v) is 2.62. The zero-order valence-corrected chi connectivity index (χ0v) is 10.0. The Morgan fingerprint density at radius 2 is 1.95 bits per heavy atom. The third-order valence-electron chi connectivity index (χ3n) is 2.62. The summed E-state index contributed by atoms with van der Waals surface area (Å²) in [6.07, 6.45) is -4.65. The van der Waals surface area contributed by atoms with Gasteiger partial charge < -0.3 is 9.52 Å². The molecular formula is C12H6F3NO5. The molecule has 0 fully saturated rings. The van der Waals surface area contributed by atoms with Crippen LogP contribution in [0.5, 0.6) is 5.75 Å². The number of aldehydes is 1. The number of phenols is 1. The topological polar surface area (TPSA) is 93.6 Å². The van der Waals surface area contributed by atoms with E-state index in [-0.39, 0.29) is 11.5 Å². The lowest BCUT2D eigenvalue weighted by Crippen LogP contribution is -2.09. The summed E-state index contributed by atoms with van der Waals surface area (Å²) in [6, 6.07) is 3.16. The molecule has 21 heavy (non-hydrogen) atoms. The SMILES string of the molecule is O=Cc1ccc(-c2cc(C(F)(F)F)c([N+](=O)[O-])cc2O)o1. The van der Waals surface area contributed by atoms with E-state index < -0.39 is 33.7 Å². The maximum atomic E-state index is 12.8. The van der Waals surface area contributed by atoms with Gasteiger partial charge in [0.15, 0.2) is 12.0 Å². The second-order valence-electron chi connectivity index (χ2n) is 3.96. The molecular weight excluding hydrogens is 295 g/mol. The first-order valence-corrected chi connectivity index (χ1v) is 5.38. The Bertz CT molecular complexity index is 720. The number of carbonyl (C=O) groups excluding carboxylic acids is 1. The largest absolute Gasteiger partial charge is 0.507 e. The van der Waals surface area contributed by atoms with E-state index in [0.29, 0.717) is 18.4 Å². The Morgan fingerprint density at radius 3 is 2.43 bits per heavy atom. The van der Waals surface area contributed by atoms with E-state index in [1.54, 1.807) is 0 Å². The fourth-order valence-electron chi connectivity index (χ4n) is 1.71. The first-order valence-electron chi connectivity index (χ1n) is 5.38. The summed E-state index contributed by atoms with van der Waals surface area (Å²) >= 11 is 0. The number of rotatable bonds is 3. The monoisotopic (exact) mass is 301 g/mol. The summed E-state index contributed by atoms with van der Waals surface area (Å²) in [7, 11) is 0. The van der Waals surface area contributed by atoms with Gasteiger partial charge in [-0.25, -0.2) is 0 Å². The van der Waals surface area contributed by atoms with Gasteiger partial charge in [0.05, 0.1) is 16.6 Å². The number of nitrogens with zero attached hydrogens (tertiary/aromatic N) is 1. The molecule has 0 saturated heterocycles. The van der Waals surface area contributed by atoms with Gasteiger partial charge in [-0.05, 0) is 18.2 Å². The van der Waals surface area contributed by atoms with Crippen molar-refractivity contribution in [1.29, 1.82) is 0 Å². The van der Waals surface area contributed by atoms with Crippen molar-refractivity contribution in [2.24, 2.45) is 0 Å². The summed E-state index contributed by atoms with van der Waals surface area (Å²) in [6.45, 7) is 0. The Morgan fingerprint density at radius 1 is 1.29 bits per heavy atom. The molecule has 9 heteroatoms. The summed E-state index contributed by atoms with van der Waals surface area (Å²) in [5, 5.41) is 20.3. The molecule has 0 radical (unpaired) electrons. The molecule has 6 nitrogen and oxygen atoms in total. The quantitative estimate of drug-likeness (QED) is 0.532. The summed E-state index contributed by atoms with van der Waals surface area (Å²) in [5.74, 6) is -1.13. The van der Waals surface area contributed by atoms with Crippen LogP contribution in [0.1, 0.15) is 16.1 Å². The van der Waals surface area contributed by atoms with Gasteiger partial charge >= 0.3 is 6.18 Å². The zero-order valence-electron chi connectivity index (χ0n) is 10.0. The van der Waals surface area contributed by atoms with E-state index in [1.807, 2.05) is 0 Å². The van der Waals surface area contributed by atoms with Crippen molar-refractivity contribution in [2.45, 2.75) is 6.18 Å². The number of furan rings is 1. The number of carbonyl (C=O) groups is 1. The van der Waals surface area contributed by atoms with Crippen molar-refractivity contribution >= 4 is 12.0 Å². The number of halogens is 3. The lowest BCUT2D eigenvalue weighted by Gasteiger charge is -2.10. The van der Waals surface area contributed by atoms with Crippen LogP contribution in [-0.4, -0.2) is 16.3 Å². The van der Waals surface area contributed by atoms with Gasteiger partial charge in [-0.1, -0.05) is 0 Å². The minimum Gasteiger partial charge on any atom is -0.507 e. The number of hydrogen-bond acceptors (Lipinski definition) is 5. The van der Waals surface area contributed by atoms with Crippen LogP contribution in [0.4, 0.5) is 18.9 Å². The Hall–Kier alpha value is -2.84. The minimum absolute atomic E-state index is 0.156. The number of benzene rings is 1. The molecule has 1 heterocycles. The first-order chi connectivity index (χ1) is 9.74. The van der Waals surface area contributed by atoms with E-state index >= 15 is 0 Å². The highest BCUT2D eigenvalue weighted by molar-refractivity contribution is 5.75. The van der Waals surface area contributed by atoms with Gasteiger partial charge in [-0.15, -0.1) is 0 Å². The van der Waals surface area contributed by atoms with Gasteiger partial charge in [0.2, 0.25) is 0 Å². The van der Waals surface area contributed by atoms with Crippen LogP contribution in [0, 0.1) is 10.1 Å². The fourth-order valence-corrected chi connectivity index (χ4v) is 1.71. The summed E-state index contributed by atoms with van der Waals surface area (Å²) < 4.78 is 43.4. The van der Waals surface area contributed by atoms with Crippen molar-refractivity contribution in [3.05, 3.63) is 45.7 Å². The maximum Gasteiger partial charge on any atom is 0.423 e. The van der Waals surface area contributed by atoms with E-state index in [9.17, 15) is 33.2 Å². The van der Waals surface area contributed by atoms with Crippen molar-refractivity contribution in [3.8, 4) is 17.1 Å². The van der Waals surface area contributed by atoms with Gasteiger partial charge in [0.25, 0.3) is 5.69 Å². The van der Waals surface area contributed by atoms with Gasteiger partial charge in [-0.3, -0.25) is 14.9 Å². The van der Waals surface area contributed by atoms with Crippen LogP contribution in [0.15, 0.2) is 28.7 Å². The Balaban J connectivity index is 2.68. The molecule has 0 aliphatic rings. The molecule has 0 saturated carbocycles. The van der Waals surface area contributed by atoms with Crippen LogP contribution < -0.4 is 0 Å². The first kappa shape index (κ1) is 14.6. The molecule has 1 N–H and O–H groups in total. The van der Waals surface area contributed by atoms with Gasteiger partial charge in [0.1, 0.15) is 17.1 Å². The zero-order chi connectivity index (χ0) is 15.8. The van der Waals surface area contributed by atoms with Crippen LogP contribution in [0.3, 0.4) is 0 Å². The average molecular weight is 301 g/mol. The predicted octanol–water partition coefficient (Wildman–Crippen LogP) is 3.39. The molecule has 1 aromatic carbocycles. The second kappa shape index (κ2) is 4.93. The fraction of sp³-hybridized carbons (Fsp3) is 0.0833. The van der Waals surface area contributed by atoms with Crippen molar-refractivity contribution in [2.75, 3.05) is 0 Å². The van der Waals surface area contributed by atoms with E-state index in [0.717, 1.165) is 0 Å². The van der Waals surface area contributed by atoms with E-state index in [1.165, 1.54) is 12.1 Å². The molecule has 0 bridgehead atoms. The third kappa shape index (κ3) is 2.71. The number of alkyl halides is 3. The average Bonchev–Trinajstić information content (AvgIpc) is 2.85. The molecule has 0 atom stereocenters. The molecule has 2 aromatic rings. The normalized spacial score (nSPS) is 11.4. The molecule has 0 amide bonds. The van der Waals surface area contributed by atoms with Crippen LogP contribution in [0.25, 0.3) is 11.3 Å². The molecule has 0 unspecified atom stereocenters. The number of nitro benzene ring substituents is 1. The standard InChI is InChI=1S/C12H6F3NO5/c13-12(14,15)8-3-7(10(18)4-9(8)16(19)20)11-2-1-6(5-17)21-11/h1-5,18H. The molecule has 0 aliphatic heterocycles. The number of aromatic hydroxyl groups is 1. The van der Waals surface area contributed by atoms with Crippen LogP contribution in [-0.2, 0) is 6.18 Å². The molecule has 0 aliphatic carbocycles. The van der Waals surface area contributed by atoms with Crippen LogP contribution >= 0.6 is 0 Å². The number of phenolic OH excluding ortho intramolecular Hbond substituents is 1. The minimum atomic E-state index is -4.98. The van der Waals surface area contributed by atoms with E-state index in [2.05, 4.69) is 0 Å². The lowest BCUT2D eigenvalue weighted by atomic mass is 10.0. The summed E-state index contributed by atoms with van der Waals surface area (Å²) in [5.41, 5.74) is -3.20. The van der Waals surface area contributed by atoms with Gasteiger partial charge in [0, 0.05) is 0 Å². The Labute approximate surface area is 114 Å². The highest BCUT2D eigenvalue weighted by Crippen LogP contribution is 2.42. The number of hydrogen-bond donors (Lipinski definition) is 1. The van der Waals surface area contributed by atoms with E-state index in [4.69, 9.17) is 4.42 Å². The Kier molecular flexibility index (Phi) is 3.42. The highest BCUT2D eigenvalue weighted by Gasteiger charge is 2.39. The van der Waals surface area contributed by atoms with Gasteiger partial charge in [-0.2, -0.15) is 13.2 Å². The second-order valence-corrected chi connectivity index (χ2v) is 3.96. The number of nitro groups is 1. The maximum absolute atomic E-state index is 12.8. The molecule has 2 rings (SSSR count). The van der Waals surface area contributed by atoms with Crippen molar-refractivity contribution < 1.29 is 32.4 Å². The smallest absolute Gasteiger partial charge is 0.423 e. The molecule has 0 spiro atoms. The molecule has 110 valence electrons. The predicted molar refractivity (Wildman–Crippen MR) is 62.9 cm³/mol. The molecule has 1 aromatic heterocycles. The van der Waals surface area contributed by atoms with Crippen molar-refractivity contribution in [1.82, 2.24) is 0 Å².